The van der Waals surface area contributed by atoms with Gasteiger partial charge in [-0.15, -0.1) is 11.3 Å². The summed E-state index contributed by atoms with van der Waals surface area (Å²) in [6, 6.07) is 5.49. The maximum atomic E-state index is 6.26. The molecule has 1 aromatic heterocycles. The standard InChI is InChI=1S/C15H28N2S/c1-5-7-10-17(12(3)6-2)15(13(4)16)14-9-8-11-18-14/h8-9,11-13,15H,5-7,10,16H2,1-4H3. The highest BCUT2D eigenvalue weighted by Gasteiger charge is 2.27. The van der Waals surface area contributed by atoms with Gasteiger partial charge in [0.15, 0.2) is 0 Å². The van der Waals surface area contributed by atoms with Crippen molar-refractivity contribution >= 4 is 11.3 Å². The van der Waals surface area contributed by atoms with Gasteiger partial charge in [-0.3, -0.25) is 4.90 Å². The predicted octanol–water partition coefficient (Wildman–Crippen LogP) is 4.04. The fraction of sp³-hybridized carbons (Fsp3) is 0.733. The third-order valence-electron chi connectivity index (χ3n) is 3.62. The number of hydrogen-bond donors (Lipinski definition) is 1. The fourth-order valence-electron chi connectivity index (χ4n) is 2.39. The summed E-state index contributed by atoms with van der Waals surface area (Å²) in [6.45, 7) is 10.1. The molecule has 0 fully saturated rings. The second-order valence-electron chi connectivity index (χ2n) is 5.17. The van der Waals surface area contributed by atoms with Gasteiger partial charge in [-0.2, -0.15) is 0 Å². The zero-order valence-corrected chi connectivity index (χ0v) is 13.0. The van der Waals surface area contributed by atoms with Crippen LogP contribution in [0.2, 0.25) is 0 Å². The quantitative estimate of drug-likeness (QED) is 0.771. The highest BCUT2D eigenvalue weighted by Crippen LogP contribution is 2.30. The van der Waals surface area contributed by atoms with Crippen LogP contribution in [0.25, 0.3) is 0 Å². The lowest BCUT2D eigenvalue weighted by atomic mass is 10.0. The van der Waals surface area contributed by atoms with E-state index < -0.39 is 0 Å². The van der Waals surface area contributed by atoms with Crippen LogP contribution >= 0.6 is 11.3 Å². The SMILES string of the molecule is CCCCN(C(C)CC)C(c1cccs1)C(C)N. The molecule has 3 unspecified atom stereocenters. The fourth-order valence-corrected chi connectivity index (χ4v) is 3.35. The van der Waals surface area contributed by atoms with Gasteiger partial charge >= 0.3 is 0 Å². The molecule has 0 bridgehead atoms. The molecule has 1 rings (SSSR count). The number of thiophene rings is 1. The van der Waals surface area contributed by atoms with Gasteiger partial charge in [0.25, 0.3) is 0 Å². The Balaban J connectivity index is 2.90. The van der Waals surface area contributed by atoms with Crippen LogP contribution in [0.4, 0.5) is 0 Å². The summed E-state index contributed by atoms with van der Waals surface area (Å²) < 4.78 is 0. The Labute approximate surface area is 116 Å². The first kappa shape index (κ1) is 15.7. The smallest absolute Gasteiger partial charge is 0.0593 e. The van der Waals surface area contributed by atoms with E-state index in [4.69, 9.17) is 5.73 Å². The molecule has 3 atom stereocenters. The Morgan fingerprint density at radius 1 is 1.33 bits per heavy atom. The lowest BCUT2D eigenvalue weighted by molar-refractivity contribution is 0.123. The van der Waals surface area contributed by atoms with Crippen LogP contribution in [0.5, 0.6) is 0 Å². The van der Waals surface area contributed by atoms with Crippen LogP contribution < -0.4 is 5.73 Å². The topological polar surface area (TPSA) is 29.3 Å². The van der Waals surface area contributed by atoms with Gasteiger partial charge in [0.1, 0.15) is 0 Å². The predicted molar refractivity (Wildman–Crippen MR) is 82.1 cm³/mol. The molecule has 0 amide bonds. The van der Waals surface area contributed by atoms with Gasteiger partial charge in [-0.05, 0) is 44.7 Å². The lowest BCUT2D eigenvalue weighted by Crippen LogP contribution is -2.44. The second kappa shape index (κ2) is 7.93. The van der Waals surface area contributed by atoms with Gasteiger partial charge in [-0.25, -0.2) is 0 Å². The molecular weight excluding hydrogens is 240 g/mol. The van der Waals surface area contributed by atoms with E-state index >= 15 is 0 Å². The average molecular weight is 268 g/mol. The minimum atomic E-state index is 0.175. The molecule has 0 aromatic carbocycles. The summed E-state index contributed by atoms with van der Waals surface area (Å²) in [4.78, 5) is 4.00. The molecule has 18 heavy (non-hydrogen) atoms. The first-order valence-corrected chi connectivity index (χ1v) is 8.04. The van der Waals surface area contributed by atoms with Gasteiger partial charge in [0.05, 0.1) is 6.04 Å². The van der Waals surface area contributed by atoms with E-state index in [9.17, 15) is 0 Å². The van der Waals surface area contributed by atoms with Crippen molar-refractivity contribution < 1.29 is 0 Å². The van der Waals surface area contributed by atoms with E-state index in [-0.39, 0.29) is 6.04 Å². The van der Waals surface area contributed by atoms with Crippen LogP contribution in [0.1, 0.15) is 57.9 Å². The van der Waals surface area contributed by atoms with Crippen LogP contribution in [-0.4, -0.2) is 23.5 Å². The largest absolute Gasteiger partial charge is 0.326 e. The average Bonchev–Trinajstić information content (AvgIpc) is 2.86. The first-order valence-electron chi connectivity index (χ1n) is 7.16. The van der Waals surface area contributed by atoms with Gasteiger partial charge in [0.2, 0.25) is 0 Å². The molecule has 0 saturated carbocycles. The number of hydrogen-bond acceptors (Lipinski definition) is 3. The summed E-state index contributed by atoms with van der Waals surface area (Å²) in [5, 5.41) is 2.15. The molecule has 2 N–H and O–H groups in total. The van der Waals surface area contributed by atoms with Gasteiger partial charge < -0.3 is 5.73 Å². The highest BCUT2D eigenvalue weighted by atomic mass is 32.1. The summed E-state index contributed by atoms with van der Waals surface area (Å²) >= 11 is 1.83. The molecule has 0 aliphatic carbocycles. The Morgan fingerprint density at radius 3 is 2.50 bits per heavy atom. The normalized spacial score (nSPS) is 16.8. The maximum Gasteiger partial charge on any atom is 0.0593 e. The monoisotopic (exact) mass is 268 g/mol. The van der Waals surface area contributed by atoms with Crippen molar-refractivity contribution in [3.63, 3.8) is 0 Å². The van der Waals surface area contributed by atoms with Crippen molar-refractivity contribution in [2.45, 2.75) is 65.1 Å². The molecule has 0 radical (unpaired) electrons. The van der Waals surface area contributed by atoms with E-state index in [0.29, 0.717) is 12.1 Å². The Morgan fingerprint density at radius 2 is 2.06 bits per heavy atom. The van der Waals surface area contributed by atoms with Crippen molar-refractivity contribution in [2.24, 2.45) is 5.73 Å². The summed E-state index contributed by atoms with van der Waals surface area (Å²) in [5.74, 6) is 0. The van der Waals surface area contributed by atoms with Crippen LogP contribution in [0.15, 0.2) is 17.5 Å². The Hall–Kier alpha value is -0.380. The van der Waals surface area contributed by atoms with E-state index in [2.05, 4.69) is 50.1 Å². The van der Waals surface area contributed by atoms with Crippen molar-refractivity contribution in [3.8, 4) is 0 Å². The zero-order chi connectivity index (χ0) is 13.5. The molecule has 0 saturated heterocycles. The Bertz CT molecular complexity index is 308. The number of nitrogens with two attached hydrogens (primary N) is 1. The van der Waals surface area contributed by atoms with E-state index in [1.165, 1.54) is 24.1 Å². The third-order valence-corrected chi connectivity index (χ3v) is 4.56. The lowest BCUT2D eigenvalue weighted by Gasteiger charge is -2.38. The van der Waals surface area contributed by atoms with Crippen molar-refractivity contribution in [1.82, 2.24) is 4.90 Å². The van der Waals surface area contributed by atoms with Crippen LogP contribution in [0.3, 0.4) is 0 Å². The highest BCUT2D eigenvalue weighted by molar-refractivity contribution is 7.10. The van der Waals surface area contributed by atoms with E-state index in [0.717, 1.165) is 6.54 Å². The zero-order valence-electron chi connectivity index (χ0n) is 12.2. The second-order valence-corrected chi connectivity index (χ2v) is 6.15. The molecule has 1 heterocycles. The molecule has 0 aliphatic rings. The van der Waals surface area contributed by atoms with Crippen molar-refractivity contribution in [3.05, 3.63) is 22.4 Å². The molecule has 0 aliphatic heterocycles. The van der Waals surface area contributed by atoms with Crippen LogP contribution in [0, 0.1) is 0 Å². The summed E-state index contributed by atoms with van der Waals surface area (Å²) in [6.07, 6.45) is 3.67. The molecule has 0 spiro atoms. The maximum absolute atomic E-state index is 6.26. The van der Waals surface area contributed by atoms with Crippen LogP contribution in [-0.2, 0) is 0 Å². The van der Waals surface area contributed by atoms with Crippen molar-refractivity contribution in [2.75, 3.05) is 6.54 Å². The summed E-state index contributed by atoms with van der Waals surface area (Å²) in [7, 11) is 0. The molecular formula is C15H28N2S. The number of nitrogens with zero attached hydrogens (tertiary/aromatic N) is 1. The number of unbranched alkanes of at least 4 members (excludes halogenated alkanes) is 1. The minimum absolute atomic E-state index is 0.175. The number of rotatable bonds is 8. The molecule has 2 nitrogen and oxygen atoms in total. The minimum Gasteiger partial charge on any atom is -0.326 e. The van der Waals surface area contributed by atoms with Gasteiger partial charge in [-0.1, -0.05) is 26.3 Å². The Kier molecular flexibility index (Phi) is 6.90. The molecule has 104 valence electrons. The third kappa shape index (κ3) is 4.08. The van der Waals surface area contributed by atoms with Crippen molar-refractivity contribution in [1.29, 1.82) is 0 Å². The van der Waals surface area contributed by atoms with E-state index in [1.54, 1.807) is 0 Å². The first-order chi connectivity index (χ1) is 8.61. The van der Waals surface area contributed by atoms with E-state index in [1.807, 2.05) is 11.3 Å². The summed E-state index contributed by atoms with van der Waals surface area (Å²) in [5.41, 5.74) is 6.26. The molecule has 3 heteroatoms. The molecule has 1 aromatic rings. The van der Waals surface area contributed by atoms with Gasteiger partial charge in [0, 0.05) is 17.0 Å².